The van der Waals surface area contributed by atoms with Crippen molar-refractivity contribution in [2.45, 2.75) is 38.5 Å². The monoisotopic (exact) mass is 326 g/mol. The van der Waals surface area contributed by atoms with E-state index < -0.39 is 5.97 Å². The first-order valence-corrected chi connectivity index (χ1v) is 8.27. The van der Waals surface area contributed by atoms with Crippen LogP contribution in [0.15, 0.2) is 23.0 Å². The van der Waals surface area contributed by atoms with Crippen molar-refractivity contribution < 1.29 is 19.0 Å². The van der Waals surface area contributed by atoms with Crippen LogP contribution in [0.3, 0.4) is 0 Å². The highest BCUT2D eigenvalue weighted by atomic mass is 16.5. The van der Waals surface area contributed by atoms with Crippen LogP contribution in [0.2, 0.25) is 0 Å². The first-order chi connectivity index (χ1) is 11.2. The molecule has 0 unspecified atom stereocenters. The van der Waals surface area contributed by atoms with Gasteiger partial charge in [0.2, 0.25) is 0 Å². The van der Waals surface area contributed by atoms with Crippen molar-refractivity contribution in [3.63, 3.8) is 0 Å². The third-order valence-electron chi connectivity index (χ3n) is 3.66. The summed E-state index contributed by atoms with van der Waals surface area (Å²) in [6, 6.07) is 0. The quantitative estimate of drug-likeness (QED) is 0.343. The van der Waals surface area contributed by atoms with Gasteiger partial charge < -0.3 is 25.3 Å². The number of hydrogen-bond donors (Lipinski definition) is 2. The molecule has 0 spiro atoms. The number of unbranched alkanes of at least 4 members (excludes halogenated alkanes) is 1. The van der Waals surface area contributed by atoms with E-state index >= 15 is 0 Å². The van der Waals surface area contributed by atoms with E-state index in [4.69, 9.17) is 19.9 Å². The van der Waals surface area contributed by atoms with Gasteiger partial charge in [-0.25, -0.2) is 4.79 Å². The number of nitrogens with one attached hydrogen (secondary N) is 1. The van der Waals surface area contributed by atoms with Gasteiger partial charge in [-0.1, -0.05) is 0 Å². The van der Waals surface area contributed by atoms with Gasteiger partial charge in [-0.05, 0) is 50.2 Å². The summed E-state index contributed by atoms with van der Waals surface area (Å²) in [5.41, 5.74) is 8.18. The minimum Gasteiger partial charge on any atom is -0.461 e. The van der Waals surface area contributed by atoms with E-state index in [1.54, 1.807) is 14.2 Å². The van der Waals surface area contributed by atoms with E-state index in [0.717, 1.165) is 62.9 Å². The van der Waals surface area contributed by atoms with Gasteiger partial charge in [0, 0.05) is 39.7 Å². The minimum atomic E-state index is -0.422. The van der Waals surface area contributed by atoms with Crippen LogP contribution in [-0.4, -0.2) is 46.6 Å². The summed E-state index contributed by atoms with van der Waals surface area (Å²) in [6.07, 6.45) is 7.37. The highest BCUT2D eigenvalue weighted by molar-refractivity contribution is 5.88. The molecule has 0 aromatic heterocycles. The Kier molecular flexibility index (Phi) is 10.2. The van der Waals surface area contributed by atoms with Crippen LogP contribution in [0.4, 0.5) is 0 Å². The molecule has 0 aliphatic heterocycles. The fraction of sp³-hybridized carbons (Fsp3) is 0.706. The number of allylic oxidation sites excluding steroid dienone is 3. The number of hydrogen-bond acceptors (Lipinski definition) is 6. The number of ether oxygens (including phenoxy) is 3. The second kappa shape index (κ2) is 12.0. The van der Waals surface area contributed by atoms with Crippen molar-refractivity contribution in [3.8, 4) is 0 Å². The maximum Gasteiger partial charge on any atom is 0.354 e. The van der Waals surface area contributed by atoms with Crippen molar-refractivity contribution in [1.82, 2.24) is 5.32 Å². The highest BCUT2D eigenvalue weighted by Gasteiger charge is 2.16. The number of carbonyl (C=O) groups is 1. The summed E-state index contributed by atoms with van der Waals surface area (Å²) in [7, 11) is 3.35. The van der Waals surface area contributed by atoms with E-state index in [2.05, 4.69) is 5.32 Å². The molecule has 0 aromatic rings. The third-order valence-corrected chi connectivity index (χ3v) is 3.66. The molecule has 0 aromatic carbocycles. The molecule has 132 valence electrons. The Labute approximate surface area is 139 Å². The van der Waals surface area contributed by atoms with Gasteiger partial charge in [-0.3, -0.25) is 0 Å². The first kappa shape index (κ1) is 19.5. The average Bonchev–Trinajstić information content (AvgIpc) is 2.58. The third kappa shape index (κ3) is 8.04. The van der Waals surface area contributed by atoms with E-state index in [9.17, 15) is 4.79 Å². The maximum atomic E-state index is 12.0. The summed E-state index contributed by atoms with van der Waals surface area (Å²) in [5.74, 6) is -0.422. The van der Waals surface area contributed by atoms with Crippen LogP contribution in [0, 0.1) is 0 Å². The fourth-order valence-corrected chi connectivity index (χ4v) is 2.36. The normalized spacial score (nSPS) is 16.7. The molecule has 6 nitrogen and oxygen atoms in total. The average molecular weight is 326 g/mol. The lowest BCUT2D eigenvalue weighted by Gasteiger charge is -2.18. The van der Waals surface area contributed by atoms with Gasteiger partial charge >= 0.3 is 5.97 Å². The van der Waals surface area contributed by atoms with E-state index in [1.165, 1.54) is 0 Å². The predicted molar refractivity (Wildman–Crippen MR) is 89.7 cm³/mol. The van der Waals surface area contributed by atoms with Crippen molar-refractivity contribution >= 4 is 5.97 Å². The fourth-order valence-electron chi connectivity index (χ4n) is 2.36. The van der Waals surface area contributed by atoms with Gasteiger partial charge in [0.25, 0.3) is 0 Å². The van der Waals surface area contributed by atoms with Gasteiger partial charge in [0.05, 0.1) is 6.61 Å². The van der Waals surface area contributed by atoms with Crippen LogP contribution in [0.25, 0.3) is 0 Å². The molecule has 1 aliphatic rings. The Morgan fingerprint density at radius 1 is 1.13 bits per heavy atom. The molecule has 0 amide bonds. The Morgan fingerprint density at radius 2 is 1.83 bits per heavy atom. The van der Waals surface area contributed by atoms with Crippen LogP contribution in [0.1, 0.15) is 38.5 Å². The first-order valence-electron chi connectivity index (χ1n) is 8.27. The molecular formula is C17H30N2O4. The van der Waals surface area contributed by atoms with Crippen LogP contribution >= 0.6 is 0 Å². The number of esters is 1. The van der Waals surface area contributed by atoms with Crippen molar-refractivity contribution in [1.29, 1.82) is 0 Å². The molecule has 0 bridgehead atoms. The van der Waals surface area contributed by atoms with Gasteiger partial charge in [-0.2, -0.15) is 0 Å². The Morgan fingerprint density at radius 3 is 2.57 bits per heavy atom. The van der Waals surface area contributed by atoms with Crippen LogP contribution < -0.4 is 11.1 Å². The van der Waals surface area contributed by atoms with E-state index in [-0.39, 0.29) is 5.70 Å². The SMILES string of the molecule is COCCCCOC(=O)/C(N)=C1\C=C(NCCCOC)CCC1. The van der Waals surface area contributed by atoms with Crippen LogP contribution in [0.5, 0.6) is 0 Å². The Hall–Kier alpha value is -1.53. The predicted octanol–water partition coefficient (Wildman–Crippen LogP) is 1.86. The molecule has 0 saturated carbocycles. The lowest BCUT2D eigenvalue weighted by Crippen LogP contribution is -2.21. The molecule has 0 heterocycles. The number of carbonyl (C=O) groups excluding carboxylic acids is 1. The van der Waals surface area contributed by atoms with Crippen LogP contribution in [-0.2, 0) is 19.0 Å². The molecule has 23 heavy (non-hydrogen) atoms. The summed E-state index contributed by atoms with van der Waals surface area (Å²) < 4.78 is 15.2. The number of rotatable bonds is 11. The molecular weight excluding hydrogens is 296 g/mol. The second-order valence-corrected chi connectivity index (χ2v) is 5.57. The molecule has 1 rings (SSSR count). The summed E-state index contributed by atoms with van der Waals surface area (Å²) in [4.78, 5) is 12.0. The summed E-state index contributed by atoms with van der Waals surface area (Å²) >= 11 is 0. The Balaban J connectivity index is 2.45. The smallest absolute Gasteiger partial charge is 0.354 e. The largest absolute Gasteiger partial charge is 0.461 e. The highest BCUT2D eigenvalue weighted by Crippen LogP contribution is 2.22. The lowest BCUT2D eigenvalue weighted by atomic mass is 9.97. The zero-order valence-corrected chi connectivity index (χ0v) is 14.4. The second-order valence-electron chi connectivity index (χ2n) is 5.57. The van der Waals surface area contributed by atoms with Crippen molar-refractivity contribution in [2.75, 3.05) is 40.6 Å². The standard InChI is InChI=1S/C17H30N2O4/c1-21-10-3-4-12-23-17(20)16(18)14-7-5-8-15(13-14)19-9-6-11-22-2/h13,19H,3-12,18H2,1-2H3/b16-14+. The van der Waals surface area contributed by atoms with E-state index in [1.807, 2.05) is 6.08 Å². The molecule has 0 saturated heterocycles. The molecule has 0 radical (unpaired) electrons. The number of methoxy groups -OCH3 is 2. The van der Waals surface area contributed by atoms with Gasteiger partial charge in [0.15, 0.2) is 0 Å². The zero-order chi connectivity index (χ0) is 16.9. The molecule has 6 heteroatoms. The summed E-state index contributed by atoms with van der Waals surface area (Å²) in [5, 5.41) is 3.37. The van der Waals surface area contributed by atoms with E-state index in [0.29, 0.717) is 13.2 Å². The van der Waals surface area contributed by atoms with Crippen molar-refractivity contribution in [3.05, 3.63) is 23.0 Å². The molecule has 0 atom stereocenters. The van der Waals surface area contributed by atoms with Crippen molar-refractivity contribution in [2.24, 2.45) is 5.73 Å². The number of nitrogens with two attached hydrogens (primary N) is 1. The summed E-state index contributed by atoms with van der Waals surface area (Å²) in [6.45, 7) is 2.65. The molecule has 3 N–H and O–H groups in total. The molecule has 0 fully saturated rings. The topological polar surface area (TPSA) is 82.8 Å². The maximum absolute atomic E-state index is 12.0. The van der Waals surface area contributed by atoms with Gasteiger partial charge in [0.1, 0.15) is 5.70 Å². The minimum absolute atomic E-state index is 0.229. The molecule has 1 aliphatic carbocycles. The van der Waals surface area contributed by atoms with Gasteiger partial charge in [-0.15, -0.1) is 0 Å². The zero-order valence-electron chi connectivity index (χ0n) is 14.4. The Bertz CT molecular complexity index is 419. The lowest BCUT2D eigenvalue weighted by molar-refractivity contribution is -0.139.